The lowest BCUT2D eigenvalue weighted by Crippen LogP contribution is -2.38. The SMILES string of the molecule is COc1ccc(C(OC[C@H]2O[C@@H](n3cnc4c(N(Cc5ccc(C(C)(C)C)cc5)C(=O)c5ccccc5)ncnc43)CC2O)(c2ccccc2)c2ccc(OC)cc2)cc1. The van der Waals surface area contributed by atoms with Crippen LogP contribution in [0.5, 0.6) is 11.5 Å². The standard InChI is InChI=1S/C49H49N5O6/c1-48(2,3)35-18-16-33(17-19-35)29-53(47(56)34-12-8-6-9-13-34)45-44-46(51-31-50-45)54(32-52-44)43-28-41(55)42(60-43)30-59-49(36-14-10-7-11-15-36,37-20-24-39(57-4)25-21-37)38-22-26-40(58-5)27-23-38/h6-27,31-32,41-43,55H,28-30H2,1-5H3/t41?,42-,43-/m1/s1. The number of aromatic nitrogens is 4. The summed E-state index contributed by atoms with van der Waals surface area (Å²) in [5.41, 5.74) is 5.11. The fourth-order valence-electron chi connectivity index (χ4n) is 7.84. The van der Waals surface area contributed by atoms with Crippen molar-refractivity contribution in [1.29, 1.82) is 0 Å². The largest absolute Gasteiger partial charge is 0.497 e. The summed E-state index contributed by atoms with van der Waals surface area (Å²) < 4.78 is 26.5. The average Bonchev–Trinajstić information content (AvgIpc) is 3.89. The molecule has 60 heavy (non-hydrogen) atoms. The lowest BCUT2D eigenvalue weighted by molar-refractivity contribution is -0.0931. The Kier molecular flexibility index (Phi) is 11.5. The van der Waals surface area contributed by atoms with Crippen LogP contribution in [0, 0.1) is 0 Å². The molecule has 3 heterocycles. The summed E-state index contributed by atoms with van der Waals surface area (Å²) in [6.07, 6.45) is 1.12. The first-order valence-electron chi connectivity index (χ1n) is 20.0. The van der Waals surface area contributed by atoms with Gasteiger partial charge in [0.25, 0.3) is 5.91 Å². The number of imidazole rings is 1. The highest BCUT2D eigenvalue weighted by molar-refractivity contribution is 6.08. The average molecular weight is 804 g/mol. The lowest BCUT2D eigenvalue weighted by Gasteiger charge is -2.37. The van der Waals surface area contributed by atoms with E-state index in [-0.39, 0.29) is 30.9 Å². The smallest absolute Gasteiger partial charge is 0.259 e. The normalized spacial score (nSPS) is 16.8. The fraction of sp³-hybridized carbons (Fsp3) is 0.265. The second kappa shape index (κ2) is 17.1. The van der Waals surface area contributed by atoms with Crippen molar-refractivity contribution in [2.75, 3.05) is 25.7 Å². The number of benzene rings is 5. The molecule has 1 unspecified atom stereocenters. The molecule has 1 aliphatic rings. The van der Waals surface area contributed by atoms with E-state index in [0.29, 0.717) is 22.5 Å². The molecule has 1 amide bonds. The number of hydrogen-bond donors (Lipinski definition) is 1. The summed E-state index contributed by atoms with van der Waals surface area (Å²) in [6, 6.07) is 43.1. The molecule has 0 aliphatic carbocycles. The number of hydrogen-bond acceptors (Lipinski definition) is 9. The molecule has 1 aliphatic heterocycles. The Bertz CT molecular complexity index is 2470. The highest BCUT2D eigenvalue weighted by atomic mass is 16.6. The number of methoxy groups -OCH3 is 2. The third-order valence-electron chi connectivity index (χ3n) is 11.2. The van der Waals surface area contributed by atoms with Gasteiger partial charge in [0, 0.05) is 12.0 Å². The number of aliphatic hydroxyl groups excluding tert-OH is 1. The molecule has 1 N–H and O–H groups in total. The van der Waals surface area contributed by atoms with E-state index in [2.05, 4.69) is 55.0 Å². The van der Waals surface area contributed by atoms with Crippen LogP contribution in [0.15, 0.2) is 146 Å². The first-order chi connectivity index (χ1) is 29.1. The van der Waals surface area contributed by atoms with Gasteiger partial charge in [0.05, 0.1) is 39.8 Å². The van der Waals surface area contributed by atoms with Crippen LogP contribution in [0.3, 0.4) is 0 Å². The van der Waals surface area contributed by atoms with Crippen molar-refractivity contribution in [3.05, 3.63) is 179 Å². The zero-order valence-electron chi connectivity index (χ0n) is 34.4. The van der Waals surface area contributed by atoms with E-state index in [0.717, 1.165) is 33.8 Å². The monoisotopic (exact) mass is 803 g/mol. The van der Waals surface area contributed by atoms with Crippen LogP contribution in [0.2, 0.25) is 0 Å². The molecular formula is C49H49N5O6. The molecule has 0 bridgehead atoms. The molecule has 1 saturated heterocycles. The number of amides is 1. The summed E-state index contributed by atoms with van der Waals surface area (Å²) in [4.78, 5) is 29.9. The van der Waals surface area contributed by atoms with Gasteiger partial charge in [0.15, 0.2) is 17.0 Å². The molecule has 2 aromatic heterocycles. The molecule has 11 heteroatoms. The first kappa shape index (κ1) is 40.4. The van der Waals surface area contributed by atoms with Gasteiger partial charge >= 0.3 is 0 Å². The number of nitrogens with zero attached hydrogens (tertiary/aromatic N) is 5. The predicted octanol–water partition coefficient (Wildman–Crippen LogP) is 8.65. The Balaban J connectivity index is 1.10. The molecular weight excluding hydrogens is 755 g/mol. The maximum atomic E-state index is 14.2. The van der Waals surface area contributed by atoms with Gasteiger partial charge in [-0.15, -0.1) is 0 Å². The predicted molar refractivity (Wildman–Crippen MR) is 230 cm³/mol. The number of anilines is 1. The topological polar surface area (TPSA) is 121 Å². The summed E-state index contributed by atoms with van der Waals surface area (Å²) in [5.74, 6) is 1.59. The molecule has 3 atom stereocenters. The van der Waals surface area contributed by atoms with E-state index in [1.165, 1.54) is 11.9 Å². The second-order valence-corrected chi connectivity index (χ2v) is 16.0. The van der Waals surface area contributed by atoms with Crippen LogP contribution in [-0.4, -0.2) is 63.6 Å². The third kappa shape index (κ3) is 7.99. The van der Waals surface area contributed by atoms with Crippen LogP contribution in [0.25, 0.3) is 11.2 Å². The van der Waals surface area contributed by atoms with E-state index in [9.17, 15) is 9.90 Å². The van der Waals surface area contributed by atoms with Crippen molar-refractivity contribution in [3.8, 4) is 11.5 Å². The van der Waals surface area contributed by atoms with Gasteiger partial charge in [-0.05, 0) is 69.6 Å². The van der Waals surface area contributed by atoms with Gasteiger partial charge in [-0.1, -0.05) is 118 Å². The van der Waals surface area contributed by atoms with E-state index in [1.54, 1.807) is 42.1 Å². The quantitative estimate of drug-likeness (QED) is 0.114. The molecule has 11 nitrogen and oxygen atoms in total. The molecule has 1 fully saturated rings. The summed E-state index contributed by atoms with van der Waals surface area (Å²) >= 11 is 0. The van der Waals surface area contributed by atoms with Crippen molar-refractivity contribution >= 4 is 22.9 Å². The van der Waals surface area contributed by atoms with Gasteiger partial charge in [0.1, 0.15) is 35.8 Å². The Morgan fingerprint density at radius 3 is 1.90 bits per heavy atom. The van der Waals surface area contributed by atoms with Crippen LogP contribution in [0.1, 0.15) is 71.6 Å². The minimum atomic E-state index is -1.09. The molecule has 0 radical (unpaired) electrons. The summed E-state index contributed by atoms with van der Waals surface area (Å²) in [7, 11) is 3.27. The number of rotatable bonds is 13. The maximum absolute atomic E-state index is 14.2. The summed E-state index contributed by atoms with van der Waals surface area (Å²) in [6.45, 7) is 6.83. The van der Waals surface area contributed by atoms with Crippen LogP contribution in [0.4, 0.5) is 5.82 Å². The van der Waals surface area contributed by atoms with Gasteiger partial charge in [-0.25, -0.2) is 15.0 Å². The molecule has 0 saturated carbocycles. The Morgan fingerprint density at radius 2 is 1.32 bits per heavy atom. The van der Waals surface area contributed by atoms with Gasteiger partial charge in [0.2, 0.25) is 0 Å². The van der Waals surface area contributed by atoms with E-state index < -0.39 is 24.0 Å². The second-order valence-electron chi connectivity index (χ2n) is 16.0. The van der Waals surface area contributed by atoms with Crippen molar-refractivity contribution in [2.24, 2.45) is 0 Å². The highest BCUT2D eigenvalue weighted by Gasteiger charge is 2.42. The molecule has 5 aromatic carbocycles. The lowest BCUT2D eigenvalue weighted by atomic mass is 9.80. The fourth-order valence-corrected chi connectivity index (χ4v) is 7.84. The van der Waals surface area contributed by atoms with Gasteiger partial charge in [-0.3, -0.25) is 14.3 Å². The Hall–Kier alpha value is -6.40. The molecule has 8 rings (SSSR count). The number of aliphatic hydroxyl groups is 1. The number of ether oxygens (including phenoxy) is 4. The maximum Gasteiger partial charge on any atom is 0.259 e. The number of carbonyl (C=O) groups excluding carboxylic acids is 1. The van der Waals surface area contributed by atoms with Crippen molar-refractivity contribution in [2.45, 2.75) is 63.2 Å². The van der Waals surface area contributed by atoms with E-state index in [4.69, 9.17) is 23.9 Å². The highest BCUT2D eigenvalue weighted by Crippen LogP contribution is 2.43. The Labute approximate surface area is 350 Å². The van der Waals surface area contributed by atoms with Gasteiger partial charge in [-0.2, -0.15) is 0 Å². The first-order valence-corrected chi connectivity index (χ1v) is 20.0. The molecule has 0 spiro atoms. The van der Waals surface area contributed by atoms with Crippen LogP contribution in [-0.2, 0) is 27.0 Å². The van der Waals surface area contributed by atoms with Crippen molar-refractivity contribution < 1.29 is 28.8 Å². The summed E-state index contributed by atoms with van der Waals surface area (Å²) in [5, 5.41) is 11.6. The molecule has 7 aromatic rings. The van der Waals surface area contributed by atoms with Crippen molar-refractivity contribution in [1.82, 2.24) is 19.5 Å². The third-order valence-corrected chi connectivity index (χ3v) is 11.2. The zero-order valence-corrected chi connectivity index (χ0v) is 34.4. The Morgan fingerprint density at radius 1 is 0.750 bits per heavy atom. The number of carbonyl (C=O) groups is 1. The van der Waals surface area contributed by atoms with Gasteiger partial charge < -0.3 is 24.1 Å². The van der Waals surface area contributed by atoms with Crippen molar-refractivity contribution in [3.63, 3.8) is 0 Å². The minimum Gasteiger partial charge on any atom is -0.497 e. The molecule has 306 valence electrons. The van der Waals surface area contributed by atoms with E-state index in [1.807, 2.05) is 97.1 Å². The van der Waals surface area contributed by atoms with Crippen LogP contribution >= 0.6 is 0 Å². The zero-order chi connectivity index (χ0) is 41.9. The van der Waals surface area contributed by atoms with Crippen LogP contribution < -0.4 is 14.4 Å². The van der Waals surface area contributed by atoms with E-state index >= 15 is 0 Å². The minimum absolute atomic E-state index is 0.0111. The number of fused-ring (bicyclic) bond motifs is 1.